The van der Waals surface area contributed by atoms with Crippen molar-refractivity contribution in [1.29, 1.82) is 0 Å². The van der Waals surface area contributed by atoms with Crippen molar-refractivity contribution in [3.8, 4) is 0 Å². The number of nitrogens with one attached hydrogen (secondary N) is 1. The van der Waals surface area contributed by atoms with Gasteiger partial charge in [-0.2, -0.15) is 0 Å². The van der Waals surface area contributed by atoms with E-state index in [0.717, 1.165) is 31.9 Å². The standard InChI is InChI=1S/C17H25N5O4/c23-16(24)9-20-5-12-6-22(13(7-20)11-26-10-12)17(25)14-8-21-4-3-18-2-1-15(21)19-14/h8,12-13,18H,1-7,9-11H2,(H,23,24)/t12-,13-/m0/s1. The zero-order valence-electron chi connectivity index (χ0n) is 14.8. The quantitative estimate of drug-likeness (QED) is 0.702. The van der Waals surface area contributed by atoms with Gasteiger partial charge in [0.05, 0.1) is 25.8 Å². The van der Waals surface area contributed by atoms with Crippen LogP contribution in [0.1, 0.15) is 16.3 Å². The number of carbonyl (C=O) groups excluding carboxylic acids is 1. The number of fused-ring (bicyclic) bond motifs is 4. The van der Waals surface area contributed by atoms with Gasteiger partial charge in [0.2, 0.25) is 0 Å². The van der Waals surface area contributed by atoms with E-state index in [1.165, 1.54) is 0 Å². The molecule has 9 nitrogen and oxygen atoms in total. The van der Waals surface area contributed by atoms with Crippen LogP contribution in [0, 0.1) is 5.92 Å². The Morgan fingerprint density at radius 2 is 2.15 bits per heavy atom. The normalized spacial score (nSPS) is 26.7. The second-order valence-electron chi connectivity index (χ2n) is 7.34. The Bertz CT molecular complexity index is 667. The lowest BCUT2D eigenvalue weighted by molar-refractivity contribution is -0.138. The van der Waals surface area contributed by atoms with Gasteiger partial charge >= 0.3 is 5.97 Å². The third kappa shape index (κ3) is 3.60. The monoisotopic (exact) mass is 363 g/mol. The Hall–Kier alpha value is -1.97. The molecule has 4 heterocycles. The van der Waals surface area contributed by atoms with Crippen LogP contribution in [0.25, 0.3) is 0 Å². The largest absolute Gasteiger partial charge is 0.480 e. The second-order valence-corrected chi connectivity index (χ2v) is 7.34. The SMILES string of the molecule is O=C(O)CN1C[C@@H]2COC[C@H](C1)N(C(=O)c1cn3c(n1)CCNCC3)C2. The summed E-state index contributed by atoms with van der Waals surface area (Å²) in [4.78, 5) is 32.6. The Kier molecular flexibility index (Phi) is 4.92. The molecule has 2 bridgehead atoms. The van der Waals surface area contributed by atoms with Gasteiger partial charge in [0.15, 0.2) is 0 Å². The molecule has 4 rings (SSSR count). The number of rotatable bonds is 3. The summed E-state index contributed by atoms with van der Waals surface area (Å²) < 4.78 is 7.79. The zero-order valence-corrected chi connectivity index (χ0v) is 14.8. The van der Waals surface area contributed by atoms with Gasteiger partial charge in [-0.1, -0.05) is 0 Å². The summed E-state index contributed by atoms with van der Waals surface area (Å²) in [5.41, 5.74) is 0.485. The van der Waals surface area contributed by atoms with Crippen LogP contribution in [0.3, 0.4) is 0 Å². The molecular weight excluding hydrogens is 338 g/mol. The van der Waals surface area contributed by atoms with Gasteiger partial charge in [-0.25, -0.2) is 4.98 Å². The molecule has 0 radical (unpaired) electrons. The second kappa shape index (κ2) is 7.34. The predicted molar refractivity (Wildman–Crippen MR) is 92.0 cm³/mol. The van der Waals surface area contributed by atoms with Crippen LogP contribution in [-0.2, 0) is 22.5 Å². The number of aromatic nitrogens is 2. The van der Waals surface area contributed by atoms with Crippen molar-refractivity contribution < 1.29 is 19.4 Å². The molecule has 0 aromatic carbocycles. The summed E-state index contributed by atoms with van der Waals surface area (Å²) in [6.07, 6.45) is 2.67. The fraction of sp³-hybridized carbons (Fsp3) is 0.706. The molecular formula is C17H25N5O4. The molecule has 1 amide bonds. The van der Waals surface area contributed by atoms with Gasteiger partial charge in [0.25, 0.3) is 5.91 Å². The van der Waals surface area contributed by atoms with Crippen LogP contribution in [-0.4, -0.2) is 94.9 Å². The molecule has 2 N–H and O–H groups in total. The number of amides is 1. The van der Waals surface area contributed by atoms with Gasteiger partial charge < -0.3 is 24.6 Å². The lowest BCUT2D eigenvalue weighted by atomic mass is 10.1. The van der Waals surface area contributed by atoms with E-state index in [9.17, 15) is 9.59 Å². The highest BCUT2D eigenvalue weighted by Crippen LogP contribution is 2.22. The van der Waals surface area contributed by atoms with E-state index in [-0.39, 0.29) is 24.4 Å². The third-order valence-electron chi connectivity index (χ3n) is 5.30. The number of ether oxygens (including phenoxy) is 1. The Morgan fingerprint density at radius 1 is 1.27 bits per heavy atom. The minimum Gasteiger partial charge on any atom is -0.480 e. The number of hydrogen-bond donors (Lipinski definition) is 2. The molecule has 142 valence electrons. The van der Waals surface area contributed by atoms with Crippen LogP contribution in [0.5, 0.6) is 0 Å². The summed E-state index contributed by atoms with van der Waals surface area (Å²) in [5.74, 6) is 0.154. The number of imidazole rings is 1. The number of carbonyl (C=O) groups is 2. The predicted octanol–water partition coefficient (Wildman–Crippen LogP) is -1.11. The first kappa shape index (κ1) is 17.4. The van der Waals surface area contributed by atoms with Crippen molar-refractivity contribution in [3.63, 3.8) is 0 Å². The van der Waals surface area contributed by atoms with E-state index < -0.39 is 5.97 Å². The molecule has 2 fully saturated rings. The Labute approximate surface area is 151 Å². The minimum atomic E-state index is -0.838. The van der Waals surface area contributed by atoms with Crippen molar-refractivity contribution in [1.82, 2.24) is 24.7 Å². The maximum atomic E-state index is 13.2. The molecule has 3 aliphatic rings. The van der Waals surface area contributed by atoms with Crippen molar-refractivity contribution in [2.45, 2.75) is 19.0 Å². The molecule has 9 heteroatoms. The first-order chi connectivity index (χ1) is 12.6. The van der Waals surface area contributed by atoms with Gasteiger partial charge in [-0.15, -0.1) is 0 Å². The van der Waals surface area contributed by atoms with E-state index in [2.05, 4.69) is 14.9 Å². The van der Waals surface area contributed by atoms with Gasteiger partial charge in [0.1, 0.15) is 11.5 Å². The molecule has 0 spiro atoms. The third-order valence-corrected chi connectivity index (χ3v) is 5.30. The smallest absolute Gasteiger partial charge is 0.317 e. The van der Waals surface area contributed by atoms with E-state index in [1.54, 1.807) is 0 Å². The minimum absolute atomic E-state index is 0.000799. The molecule has 26 heavy (non-hydrogen) atoms. The zero-order chi connectivity index (χ0) is 18.1. The molecule has 1 aromatic heterocycles. The molecule has 1 aromatic rings. The summed E-state index contributed by atoms with van der Waals surface area (Å²) >= 11 is 0. The maximum Gasteiger partial charge on any atom is 0.317 e. The lowest BCUT2D eigenvalue weighted by Gasteiger charge is -2.30. The highest BCUT2D eigenvalue weighted by atomic mass is 16.5. The Balaban J connectivity index is 1.54. The van der Waals surface area contributed by atoms with Crippen LogP contribution >= 0.6 is 0 Å². The lowest BCUT2D eigenvalue weighted by Crippen LogP contribution is -2.47. The van der Waals surface area contributed by atoms with Gasteiger partial charge in [0, 0.05) is 57.8 Å². The molecule has 0 saturated carbocycles. The number of carboxylic acid groups (broad SMARTS) is 1. The summed E-state index contributed by atoms with van der Waals surface area (Å²) in [6.45, 7) is 5.31. The van der Waals surface area contributed by atoms with Crippen molar-refractivity contribution >= 4 is 11.9 Å². The number of hydrogen-bond acceptors (Lipinski definition) is 6. The average molecular weight is 363 g/mol. The van der Waals surface area contributed by atoms with Gasteiger partial charge in [-0.05, 0) is 0 Å². The van der Waals surface area contributed by atoms with Crippen molar-refractivity contribution in [3.05, 3.63) is 17.7 Å². The van der Waals surface area contributed by atoms with E-state index in [1.807, 2.05) is 16.0 Å². The number of nitrogens with zero attached hydrogens (tertiary/aromatic N) is 4. The van der Waals surface area contributed by atoms with Crippen molar-refractivity contribution in [2.24, 2.45) is 5.92 Å². The van der Waals surface area contributed by atoms with Crippen molar-refractivity contribution in [2.75, 3.05) is 52.5 Å². The van der Waals surface area contributed by atoms with E-state index in [0.29, 0.717) is 38.5 Å². The fourth-order valence-electron chi connectivity index (χ4n) is 4.13. The summed E-state index contributed by atoms with van der Waals surface area (Å²) in [7, 11) is 0. The topological polar surface area (TPSA) is 99.9 Å². The average Bonchev–Trinajstić information content (AvgIpc) is 2.74. The summed E-state index contributed by atoms with van der Waals surface area (Å²) in [5, 5.41) is 12.4. The summed E-state index contributed by atoms with van der Waals surface area (Å²) in [6, 6.07) is -0.141. The van der Waals surface area contributed by atoms with Crippen LogP contribution in [0.15, 0.2) is 6.20 Å². The van der Waals surface area contributed by atoms with Crippen LogP contribution in [0.4, 0.5) is 0 Å². The molecule has 0 aliphatic carbocycles. The highest BCUT2D eigenvalue weighted by molar-refractivity contribution is 5.92. The molecule has 2 atom stereocenters. The first-order valence-electron chi connectivity index (χ1n) is 9.20. The van der Waals surface area contributed by atoms with E-state index >= 15 is 0 Å². The molecule has 3 aliphatic heterocycles. The van der Waals surface area contributed by atoms with Crippen LogP contribution in [0.2, 0.25) is 0 Å². The highest BCUT2D eigenvalue weighted by Gasteiger charge is 2.37. The first-order valence-corrected chi connectivity index (χ1v) is 9.20. The van der Waals surface area contributed by atoms with Gasteiger partial charge in [-0.3, -0.25) is 14.5 Å². The van der Waals surface area contributed by atoms with E-state index in [4.69, 9.17) is 9.84 Å². The maximum absolute atomic E-state index is 13.2. The molecule has 0 unspecified atom stereocenters. The number of aliphatic carboxylic acids is 1. The fourth-order valence-corrected chi connectivity index (χ4v) is 4.13. The Morgan fingerprint density at radius 3 is 3.00 bits per heavy atom. The number of carboxylic acids is 1. The van der Waals surface area contributed by atoms with Crippen LogP contribution < -0.4 is 5.32 Å². The molecule has 2 saturated heterocycles.